The van der Waals surface area contributed by atoms with E-state index in [4.69, 9.17) is 14.1 Å². The van der Waals surface area contributed by atoms with Crippen LogP contribution in [0.15, 0.2) is 27.5 Å². The van der Waals surface area contributed by atoms with Gasteiger partial charge in [0.1, 0.15) is 17.2 Å². The quantitative estimate of drug-likeness (QED) is 0.424. The van der Waals surface area contributed by atoms with Gasteiger partial charge in [0.2, 0.25) is 0 Å². The van der Waals surface area contributed by atoms with Crippen molar-refractivity contribution in [3.63, 3.8) is 0 Å². The lowest BCUT2D eigenvalue weighted by Crippen LogP contribution is -2.01. The number of hydrogen-bond donors (Lipinski definition) is 1. The SMILES string of the molecule is Cc1noc(C2CC2CCn2ccc(-c3c(C(C)C)noc3C3CC3)n2)c1-c1c[nH]nn1. The Morgan fingerprint density at radius 3 is 2.72 bits per heavy atom. The molecule has 4 aromatic rings. The van der Waals surface area contributed by atoms with Crippen molar-refractivity contribution in [1.82, 2.24) is 35.5 Å². The molecule has 2 aliphatic rings. The van der Waals surface area contributed by atoms with Crippen LogP contribution in [0, 0.1) is 12.8 Å². The number of rotatable bonds is 8. The zero-order valence-electron chi connectivity index (χ0n) is 18.6. The largest absolute Gasteiger partial charge is 0.360 e. The van der Waals surface area contributed by atoms with Crippen molar-refractivity contribution in [2.45, 2.75) is 70.8 Å². The van der Waals surface area contributed by atoms with E-state index in [-0.39, 0.29) is 0 Å². The van der Waals surface area contributed by atoms with Gasteiger partial charge in [-0.3, -0.25) is 9.78 Å². The lowest BCUT2D eigenvalue weighted by Gasteiger charge is -2.04. The third-order valence-corrected chi connectivity index (χ3v) is 6.69. The number of nitrogens with one attached hydrogen (secondary N) is 1. The van der Waals surface area contributed by atoms with Gasteiger partial charge >= 0.3 is 0 Å². The monoisotopic (exact) mass is 433 g/mol. The summed E-state index contributed by atoms with van der Waals surface area (Å²) in [4.78, 5) is 0. The molecular formula is C23H27N7O2. The van der Waals surface area contributed by atoms with Crippen molar-refractivity contribution < 1.29 is 9.05 Å². The fourth-order valence-electron chi connectivity index (χ4n) is 4.67. The lowest BCUT2D eigenvalue weighted by molar-refractivity contribution is 0.375. The van der Waals surface area contributed by atoms with Gasteiger partial charge in [-0.2, -0.15) is 5.10 Å². The van der Waals surface area contributed by atoms with Gasteiger partial charge in [0.05, 0.1) is 34.4 Å². The molecule has 0 bridgehead atoms. The molecule has 4 aromatic heterocycles. The third kappa shape index (κ3) is 3.36. The Morgan fingerprint density at radius 2 is 1.97 bits per heavy atom. The molecule has 0 aliphatic heterocycles. The first kappa shape index (κ1) is 19.5. The normalized spacial score (nSPS) is 20.4. The maximum Gasteiger partial charge on any atom is 0.149 e. The maximum atomic E-state index is 5.73. The fraction of sp³-hybridized carbons (Fsp3) is 0.522. The zero-order chi connectivity index (χ0) is 21.8. The minimum Gasteiger partial charge on any atom is -0.360 e. The number of H-pyrrole nitrogens is 1. The summed E-state index contributed by atoms with van der Waals surface area (Å²) < 4.78 is 13.5. The molecule has 1 N–H and O–H groups in total. The van der Waals surface area contributed by atoms with Gasteiger partial charge in [-0.15, -0.1) is 5.10 Å². The number of aryl methyl sites for hydroxylation is 2. The predicted molar refractivity (Wildman–Crippen MR) is 116 cm³/mol. The van der Waals surface area contributed by atoms with Crippen molar-refractivity contribution in [2.24, 2.45) is 5.92 Å². The molecule has 2 unspecified atom stereocenters. The van der Waals surface area contributed by atoms with Crippen LogP contribution in [0.5, 0.6) is 0 Å². The second-order valence-corrected chi connectivity index (χ2v) is 9.46. The highest BCUT2D eigenvalue weighted by Crippen LogP contribution is 2.52. The highest BCUT2D eigenvalue weighted by atomic mass is 16.5. The molecule has 2 aliphatic carbocycles. The van der Waals surface area contributed by atoms with Gasteiger partial charge in [-0.25, -0.2) is 0 Å². The number of aromatic amines is 1. The molecule has 2 atom stereocenters. The van der Waals surface area contributed by atoms with Crippen molar-refractivity contribution >= 4 is 0 Å². The van der Waals surface area contributed by atoms with E-state index in [0.717, 1.165) is 64.8 Å². The first-order valence-electron chi connectivity index (χ1n) is 11.5. The highest BCUT2D eigenvalue weighted by molar-refractivity contribution is 5.66. The summed E-state index contributed by atoms with van der Waals surface area (Å²) in [6.45, 7) is 7.13. The summed E-state index contributed by atoms with van der Waals surface area (Å²) in [5.74, 6) is 3.70. The molecule has 6 rings (SSSR count). The second-order valence-electron chi connectivity index (χ2n) is 9.46. The van der Waals surface area contributed by atoms with E-state index in [9.17, 15) is 0 Å². The van der Waals surface area contributed by atoms with E-state index in [0.29, 0.717) is 23.7 Å². The van der Waals surface area contributed by atoms with Crippen molar-refractivity contribution in [1.29, 1.82) is 0 Å². The topological polar surface area (TPSA) is 111 Å². The van der Waals surface area contributed by atoms with Gasteiger partial charge in [0, 0.05) is 24.6 Å². The highest BCUT2D eigenvalue weighted by Gasteiger charge is 2.43. The van der Waals surface area contributed by atoms with Gasteiger partial charge in [0.15, 0.2) is 0 Å². The average molecular weight is 434 g/mol. The van der Waals surface area contributed by atoms with E-state index >= 15 is 0 Å². The smallest absolute Gasteiger partial charge is 0.149 e. The van der Waals surface area contributed by atoms with Crippen LogP contribution in [0.1, 0.15) is 80.2 Å². The molecule has 0 radical (unpaired) electrons. The first-order valence-corrected chi connectivity index (χ1v) is 11.5. The third-order valence-electron chi connectivity index (χ3n) is 6.69. The Kier molecular flexibility index (Phi) is 4.51. The van der Waals surface area contributed by atoms with E-state index in [2.05, 4.69) is 51.8 Å². The molecular weight excluding hydrogens is 406 g/mol. The van der Waals surface area contributed by atoms with Crippen LogP contribution >= 0.6 is 0 Å². The summed E-state index contributed by atoms with van der Waals surface area (Å²) in [6, 6.07) is 2.09. The molecule has 0 amide bonds. The van der Waals surface area contributed by atoms with Crippen LogP contribution in [0.4, 0.5) is 0 Å². The Hall–Kier alpha value is -3.23. The summed E-state index contributed by atoms with van der Waals surface area (Å²) in [7, 11) is 0. The van der Waals surface area contributed by atoms with E-state index in [1.807, 2.05) is 11.6 Å². The van der Waals surface area contributed by atoms with E-state index < -0.39 is 0 Å². The summed E-state index contributed by atoms with van der Waals surface area (Å²) >= 11 is 0. The Morgan fingerprint density at radius 1 is 1.12 bits per heavy atom. The van der Waals surface area contributed by atoms with Crippen LogP contribution in [0.3, 0.4) is 0 Å². The first-order chi connectivity index (χ1) is 15.6. The fourth-order valence-corrected chi connectivity index (χ4v) is 4.67. The summed E-state index contributed by atoms with van der Waals surface area (Å²) in [5, 5.41) is 24.2. The van der Waals surface area contributed by atoms with Gasteiger partial charge in [-0.1, -0.05) is 29.4 Å². The molecule has 32 heavy (non-hydrogen) atoms. The minimum atomic E-state index is 0.308. The molecule has 2 fully saturated rings. The van der Waals surface area contributed by atoms with Crippen LogP contribution in [-0.2, 0) is 6.54 Å². The Labute approximate surface area is 185 Å². The van der Waals surface area contributed by atoms with Crippen LogP contribution in [0.2, 0.25) is 0 Å². The van der Waals surface area contributed by atoms with Gasteiger partial charge in [0.25, 0.3) is 0 Å². The number of hydrogen-bond acceptors (Lipinski definition) is 7. The Bertz CT molecular complexity index is 1210. The molecule has 2 saturated carbocycles. The van der Waals surface area contributed by atoms with Crippen molar-refractivity contribution in [3.05, 3.63) is 41.4 Å². The predicted octanol–water partition coefficient (Wildman–Crippen LogP) is 4.81. The molecule has 4 heterocycles. The summed E-state index contributed by atoms with van der Waals surface area (Å²) in [6.07, 6.45) is 8.36. The van der Waals surface area contributed by atoms with E-state index in [1.165, 1.54) is 12.8 Å². The zero-order valence-corrected chi connectivity index (χ0v) is 18.6. The molecule has 166 valence electrons. The standard InChI is InChI=1S/C23H27N7O2/c1-12(2)21-20(22(31-28-21)14-4-5-14)17-7-9-30(26-17)8-6-15-10-16(15)23-19(13(3)27-32-23)18-11-24-29-25-18/h7,9,11-12,14-16H,4-6,8,10H2,1-3H3,(H,24,25,29). The molecule has 0 aromatic carbocycles. The summed E-state index contributed by atoms with van der Waals surface area (Å²) in [5.41, 5.74) is 5.73. The van der Waals surface area contributed by atoms with Crippen LogP contribution in [-0.4, -0.2) is 35.5 Å². The van der Waals surface area contributed by atoms with Crippen LogP contribution in [0.25, 0.3) is 22.5 Å². The van der Waals surface area contributed by atoms with E-state index in [1.54, 1.807) is 6.20 Å². The van der Waals surface area contributed by atoms with Gasteiger partial charge < -0.3 is 9.05 Å². The number of nitrogens with zero attached hydrogens (tertiary/aromatic N) is 6. The molecule has 0 saturated heterocycles. The second kappa shape index (κ2) is 7.43. The van der Waals surface area contributed by atoms with Crippen molar-refractivity contribution in [2.75, 3.05) is 0 Å². The Balaban J connectivity index is 1.15. The average Bonchev–Trinajstić information content (AvgIpc) is 3.47. The maximum absolute atomic E-state index is 5.73. The lowest BCUT2D eigenvalue weighted by atomic mass is 10.0. The van der Waals surface area contributed by atoms with Gasteiger partial charge in [-0.05, 0) is 50.5 Å². The van der Waals surface area contributed by atoms with Crippen molar-refractivity contribution in [3.8, 4) is 22.5 Å². The number of aromatic nitrogens is 7. The molecule has 9 heteroatoms. The van der Waals surface area contributed by atoms with Crippen LogP contribution < -0.4 is 0 Å². The molecule has 9 nitrogen and oxygen atoms in total. The minimum absolute atomic E-state index is 0.308. The molecule has 0 spiro atoms.